The van der Waals surface area contributed by atoms with Crippen LogP contribution < -0.4 is 0 Å². The number of hydrogen-bond acceptors (Lipinski definition) is 5. The highest BCUT2D eigenvalue weighted by molar-refractivity contribution is 5.90. The topological polar surface area (TPSA) is 72.3 Å². The summed E-state index contributed by atoms with van der Waals surface area (Å²) in [6.45, 7) is 3.78. The molecule has 0 aliphatic carbocycles. The van der Waals surface area contributed by atoms with E-state index in [4.69, 9.17) is 4.74 Å². The van der Waals surface area contributed by atoms with E-state index in [1.54, 1.807) is 13.8 Å². The zero-order valence-corrected chi connectivity index (χ0v) is 8.07. The van der Waals surface area contributed by atoms with Crippen LogP contribution in [-0.2, 0) is 11.2 Å². The van der Waals surface area contributed by atoms with Crippen molar-refractivity contribution in [2.24, 2.45) is 0 Å². The molecular formula is C9H11N2O3. The minimum atomic E-state index is -0.533. The van der Waals surface area contributed by atoms with Crippen molar-refractivity contribution in [3.63, 3.8) is 0 Å². The summed E-state index contributed by atoms with van der Waals surface area (Å²) in [7, 11) is 0. The van der Waals surface area contributed by atoms with Crippen LogP contribution in [0.2, 0.25) is 0 Å². The number of rotatable bonds is 3. The molecule has 0 fully saturated rings. The van der Waals surface area contributed by atoms with E-state index >= 15 is 0 Å². The first-order valence-corrected chi connectivity index (χ1v) is 4.34. The van der Waals surface area contributed by atoms with E-state index in [2.05, 4.69) is 16.4 Å². The molecule has 14 heavy (non-hydrogen) atoms. The molecule has 1 rings (SSSR count). The molecule has 5 heteroatoms. The average molecular weight is 195 g/mol. The number of aromatic hydroxyl groups is 1. The molecule has 1 N–H and O–H groups in total. The molecule has 1 heterocycles. The predicted molar refractivity (Wildman–Crippen MR) is 47.9 cm³/mol. The summed E-state index contributed by atoms with van der Waals surface area (Å²) >= 11 is 0. The molecular weight excluding hydrogens is 184 g/mol. The van der Waals surface area contributed by atoms with E-state index in [0.717, 1.165) is 0 Å². The van der Waals surface area contributed by atoms with E-state index in [0.29, 0.717) is 12.0 Å². The van der Waals surface area contributed by atoms with E-state index in [-0.39, 0.29) is 18.1 Å². The highest BCUT2D eigenvalue weighted by Gasteiger charge is 2.16. The molecule has 0 aliphatic rings. The third-order valence-corrected chi connectivity index (χ3v) is 1.71. The minimum Gasteiger partial charge on any atom is -0.492 e. The first-order chi connectivity index (χ1) is 6.70. The van der Waals surface area contributed by atoms with E-state index in [9.17, 15) is 9.90 Å². The van der Waals surface area contributed by atoms with Crippen molar-refractivity contribution >= 4 is 5.97 Å². The zero-order chi connectivity index (χ0) is 10.6. The van der Waals surface area contributed by atoms with Gasteiger partial charge in [0, 0.05) is 5.56 Å². The number of hydrogen-bond donors (Lipinski definition) is 1. The molecule has 1 aromatic rings. The lowest BCUT2D eigenvalue weighted by atomic mass is 10.1. The van der Waals surface area contributed by atoms with Crippen LogP contribution in [0.3, 0.4) is 0 Å². The third-order valence-electron chi connectivity index (χ3n) is 1.71. The van der Waals surface area contributed by atoms with Gasteiger partial charge >= 0.3 is 5.97 Å². The second kappa shape index (κ2) is 4.55. The van der Waals surface area contributed by atoms with Crippen LogP contribution in [0.5, 0.6) is 5.88 Å². The smallest absolute Gasteiger partial charge is 0.340 e. The Balaban J connectivity index is 3.07. The molecule has 5 nitrogen and oxygen atoms in total. The summed E-state index contributed by atoms with van der Waals surface area (Å²) in [4.78, 5) is 11.3. The Hall–Kier alpha value is -1.65. The molecule has 1 radical (unpaired) electrons. The minimum absolute atomic E-state index is 0.154. The van der Waals surface area contributed by atoms with Gasteiger partial charge in [-0.1, -0.05) is 6.92 Å². The van der Waals surface area contributed by atoms with Gasteiger partial charge in [0.2, 0.25) is 5.88 Å². The molecule has 0 bridgehead atoms. The van der Waals surface area contributed by atoms with Gasteiger partial charge in [-0.05, 0) is 13.3 Å². The van der Waals surface area contributed by atoms with E-state index < -0.39 is 5.97 Å². The van der Waals surface area contributed by atoms with Gasteiger partial charge in [-0.3, -0.25) is 0 Å². The van der Waals surface area contributed by atoms with Gasteiger partial charge in [0.15, 0.2) is 0 Å². The zero-order valence-electron chi connectivity index (χ0n) is 8.07. The Morgan fingerprint density at radius 3 is 2.86 bits per heavy atom. The van der Waals surface area contributed by atoms with Gasteiger partial charge in [-0.15, -0.1) is 10.2 Å². The Kier molecular flexibility index (Phi) is 3.39. The van der Waals surface area contributed by atoms with Crippen LogP contribution in [-0.4, -0.2) is 27.9 Å². The number of nitrogens with zero attached hydrogens (tertiary/aromatic N) is 2. The van der Waals surface area contributed by atoms with Gasteiger partial charge in [-0.25, -0.2) is 4.79 Å². The molecule has 0 saturated carbocycles. The lowest BCUT2D eigenvalue weighted by Crippen LogP contribution is -2.09. The number of carbonyl (C=O) groups excluding carboxylic acids is 1. The largest absolute Gasteiger partial charge is 0.492 e. The average Bonchev–Trinajstić information content (AvgIpc) is 2.17. The standard InChI is InChI=1S/C9H11N2O3/c1-3-6-7(9(13)14-4-2)5-10-11-8(6)12/h3-4H2,1-2H3,(H,11,12). The number of esters is 1. The van der Waals surface area contributed by atoms with Crippen LogP contribution in [0, 0.1) is 6.20 Å². The van der Waals surface area contributed by atoms with Gasteiger partial charge in [0.05, 0.1) is 12.2 Å². The Morgan fingerprint density at radius 1 is 1.57 bits per heavy atom. The molecule has 1 aromatic heterocycles. The van der Waals surface area contributed by atoms with Crippen LogP contribution in [0.4, 0.5) is 0 Å². The fourth-order valence-corrected chi connectivity index (χ4v) is 1.07. The maximum Gasteiger partial charge on any atom is 0.340 e. The van der Waals surface area contributed by atoms with Gasteiger partial charge in [0.1, 0.15) is 6.20 Å². The Morgan fingerprint density at radius 2 is 2.29 bits per heavy atom. The van der Waals surface area contributed by atoms with Crippen molar-refractivity contribution in [1.82, 2.24) is 10.2 Å². The van der Waals surface area contributed by atoms with Crippen LogP contribution in [0.1, 0.15) is 29.8 Å². The maximum atomic E-state index is 11.3. The van der Waals surface area contributed by atoms with Crippen LogP contribution >= 0.6 is 0 Å². The lowest BCUT2D eigenvalue weighted by Gasteiger charge is -2.05. The summed E-state index contributed by atoms with van der Waals surface area (Å²) in [6, 6.07) is 0. The monoisotopic (exact) mass is 195 g/mol. The van der Waals surface area contributed by atoms with Crippen LogP contribution in [0.15, 0.2) is 0 Å². The lowest BCUT2D eigenvalue weighted by molar-refractivity contribution is 0.0523. The molecule has 0 aliphatic heterocycles. The van der Waals surface area contributed by atoms with Crippen molar-refractivity contribution in [2.45, 2.75) is 20.3 Å². The second-order valence-corrected chi connectivity index (χ2v) is 2.56. The summed E-state index contributed by atoms with van der Waals surface area (Å²) < 4.78 is 4.78. The summed E-state index contributed by atoms with van der Waals surface area (Å²) in [6.07, 6.45) is 2.90. The molecule has 75 valence electrons. The van der Waals surface area contributed by atoms with Crippen molar-refractivity contribution in [3.05, 3.63) is 17.3 Å². The normalized spacial score (nSPS) is 9.86. The van der Waals surface area contributed by atoms with Gasteiger partial charge in [0.25, 0.3) is 0 Å². The van der Waals surface area contributed by atoms with Crippen molar-refractivity contribution in [3.8, 4) is 5.88 Å². The molecule has 0 aromatic carbocycles. The molecule has 0 spiro atoms. The highest BCUT2D eigenvalue weighted by Crippen LogP contribution is 2.17. The van der Waals surface area contributed by atoms with Crippen LogP contribution in [0.25, 0.3) is 0 Å². The summed E-state index contributed by atoms with van der Waals surface area (Å²) in [5, 5.41) is 16.1. The molecule has 0 saturated heterocycles. The Bertz CT molecular complexity index is 339. The highest BCUT2D eigenvalue weighted by atomic mass is 16.5. The van der Waals surface area contributed by atoms with E-state index in [1.807, 2.05) is 0 Å². The van der Waals surface area contributed by atoms with Gasteiger partial charge in [-0.2, -0.15) is 0 Å². The van der Waals surface area contributed by atoms with Crippen molar-refractivity contribution in [2.75, 3.05) is 6.61 Å². The van der Waals surface area contributed by atoms with Crippen molar-refractivity contribution in [1.29, 1.82) is 0 Å². The SMILES string of the molecule is CCOC(=O)c1[c]nnc(O)c1CC. The number of ether oxygens (including phenoxy) is 1. The Labute approximate surface area is 81.7 Å². The molecule has 0 amide bonds. The molecule has 0 unspecified atom stereocenters. The quantitative estimate of drug-likeness (QED) is 0.719. The fourth-order valence-electron chi connectivity index (χ4n) is 1.07. The summed E-state index contributed by atoms with van der Waals surface area (Å²) in [5.74, 6) is -0.774. The first-order valence-electron chi connectivity index (χ1n) is 4.34. The molecule has 0 atom stereocenters. The second-order valence-electron chi connectivity index (χ2n) is 2.56. The first kappa shape index (κ1) is 10.4. The van der Waals surface area contributed by atoms with Crippen molar-refractivity contribution < 1.29 is 14.6 Å². The number of carbonyl (C=O) groups is 1. The number of aromatic nitrogens is 2. The summed E-state index contributed by atoms with van der Waals surface area (Å²) in [5.41, 5.74) is 0.570. The third kappa shape index (κ3) is 1.99. The maximum absolute atomic E-state index is 11.3. The fraction of sp³-hybridized carbons (Fsp3) is 0.444. The van der Waals surface area contributed by atoms with E-state index in [1.165, 1.54) is 0 Å². The van der Waals surface area contributed by atoms with Gasteiger partial charge < -0.3 is 9.84 Å². The predicted octanol–water partition coefficient (Wildman–Crippen LogP) is 0.721.